The zero-order valence-electron chi connectivity index (χ0n) is 14.3. The molecule has 0 spiro atoms. The maximum Gasteiger partial charge on any atom is 0.251 e. The quantitative estimate of drug-likeness (QED) is 0.757. The summed E-state index contributed by atoms with van der Waals surface area (Å²) in [6.07, 6.45) is 1.98. The second-order valence-electron chi connectivity index (χ2n) is 6.49. The largest absolute Gasteiger partial charge is 0.349 e. The first-order valence-electron chi connectivity index (χ1n) is 8.62. The van der Waals surface area contributed by atoms with Crippen LogP contribution in [0.5, 0.6) is 0 Å². The Hall–Kier alpha value is -1.49. The molecule has 0 radical (unpaired) electrons. The smallest absolute Gasteiger partial charge is 0.251 e. The van der Waals surface area contributed by atoms with Crippen LogP contribution in [-0.2, 0) is 5.75 Å². The topological polar surface area (TPSA) is 41.1 Å². The van der Waals surface area contributed by atoms with Crippen LogP contribution in [-0.4, -0.2) is 24.5 Å². The number of carbonyl (C=O) groups excluding carboxylic acids is 1. The summed E-state index contributed by atoms with van der Waals surface area (Å²) in [5, 5.41) is 7.31. The fraction of sp³-hybridized carbons (Fsp3) is 0.350. The lowest BCUT2D eigenvalue weighted by molar-refractivity contribution is 0.0925. The van der Waals surface area contributed by atoms with Crippen molar-refractivity contribution in [1.29, 1.82) is 0 Å². The second-order valence-corrected chi connectivity index (χ2v) is 7.97. The highest BCUT2D eigenvalue weighted by Gasteiger charge is 2.20. The number of rotatable bonds is 5. The van der Waals surface area contributed by atoms with Crippen molar-refractivity contribution in [2.45, 2.75) is 42.5 Å². The molecule has 2 unspecified atom stereocenters. The van der Waals surface area contributed by atoms with Crippen molar-refractivity contribution >= 4 is 29.3 Å². The molecular weight excluding hydrogens is 352 g/mol. The van der Waals surface area contributed by atoms with Gasteiger partial charge in [-0.05, 0) is 68.3 Å². The van der Waals surface area contributed by atoms with E-state index in [9.17, 15) is 4.79 Å². The monoisotopic (exact) mass is 374 g/mol. The third-order valence-corrected chi connectivity index (χ3v) is 5.73. The Bertz CT molecular complexity index is 703. The van der Waals surface area contributed by atoms with Gasteiger partial charge < -0.3 is 10.6 Å². The number of nitrogens with one attached hydrogen (secondary N) is 2. The Balaban J connectivity index is 1.52. The van der Waals surface area contributed by atoms with Crippen LogP contribution in [0.3, 0.4) is 0 Å². The Labute approximate surface area is 158 Å². The first-order chi connectivity index (χ1) is 12.1. The van der Waals surface area contributed by atoms with Crippen LogP contribution in [0, 0.1) is 0 Å². The van der Waals surface area contributed by atoms with Crippen LogP contribution in [0.1, 0.15) is 35.7 Å². The minimum Gasteiger partial charge on any atom is -0.349 e. The van der Waals surface area contributed by atoms with E-state index >= 15 is 0 Å². The van der Waals surface area contributed by atoms with Crippen LogP contribution in [0.15, 0.2) is 53.4 Å². The number of piperidine rings is 1. The summed E-state index contributed by atoms with van der Waals surface area (Å²) in [6, 6.07) is 16.5. The van der Waals surface area contributed by atoms with Crippen molar-refractivity contribution in [3.05, 3.63) is 64.7 Å². The summed E-state index contributed by atoms with van der Waals surface area (Å²) in [7, 11) is 0. The van der Waals surface area contributed by atoms with Gasteiger partial charge in [-0.25, -0.2) is 0 Å². The number of halogens is 1. The van der Waals surface area contributed by atoms with Gasteiger partial charge >= 0.3 is 0 Å². The first kappa shape index (κ1) is 18.3. The zero-order valence-corrected chi connectivity index (χ0v) is 15.9. The van der Waals surface area contributed by atoms with Crippen molar-refractivity contribution in [3.8, 4) is 0 Å². The van der Waals surface area contributed by atoms with Gasteiger partial charge in [-0.1, -0.05) is 23.7 Å². The number of hydrogen-bond donors (Lipinski definition) is 2. The fourth-order valence-corrected chi connectivity index (χ4v) is 3.96. The number of thioether (sulfide) groups is 1. The number of carbonyl (C=O) groups is 1. The summed E-state index contributed by atoms with van der Waals surface area (Å²) in [5.41, 5.74) is 1.93. The standard InChI is InChI=1S/C20H23ClN2OS/c1-14-12-18(10-11-22-14)23-20(24)16-4-2-15(3-5-16)13-25-19-8-6-17(21)7-9-19/h2-9,14,18,22H,10-13H2,1H3,(H,23,24). The van der Waals surface area contributed by atoms with Gasteiger partial charge in [-0.3, -0.25) is 4.79 Å². The summed E-state index contributed by atoms with van der Waals surface area (Å²) >= 11 is 7.66. The molecule has 3 nitrogen and oxygen atoms in total. The lowest BCUT2D eigenvalue weighted by atomic mass is 10.00. The van der Waals surface area contributed by atoms with Gasteiger partial charge in [-0.2, -0.15) is 0 Å². The van der Waals surface area contributed by atoms with Gasteiger partial charge in [-0.15, -0.1) is 11.8 Å². The normalized spacial score (nSPS) is 20.2. The molecule has 1 saturated heterocycles. The van der Waals surface area contributed by atoms with Crippen LogP contribution >= 0.6 is 23.4 Å². The maximum absolute atomic E-state index is 12.4. The van der Waals surface area contributed by atoms with Crippen LogP contribution in [0.25, 0.3) is 0 Å². The molecule has 0 aliphatic carbocycles. The number of benzene rings is 2. The fourth-order valence-electron chi connectivity index (χ4n) is 2.98. The van der Waals surface area contributed by atoms with Gasteiger partial charge in [0.05, 0.1) is 0 Å². The lowest BCUT2D eigenvalue weighted by Crippen LogP contribution is -2.46. The lowest BCUT2D eigenvalue weighted by Gasteiger charge is -2.28. The van der Waals surface area contributed by atoms with Gasteiger partial charge in [0.2, 0.25) is 0 Å². The Kier molecular flexibility index (Phi) is 6.40. The Morgan fingerprint density at radius 3 is 2.60 bits per heavy atom. The van der Waals surface area contributed by atoms with Crippen molar-refractivity contribution in [2.75, 3.05) is 6.54 Å². The Morgan fingerprint density at radius 2 is 1.92 bits per heavy atom. The Morgan fingerprint density at radius 1 is 1.20 bits per heavy atom. The highest BCUT2D eigenvalue weighted by atomic mass is 35.5. The second kappa shape index (κ2) is 8.75. The molecule has 132 valence electrons. The molecule has 25 heavy (non-hydrogen) atoms. The van der Waals surface area contributed by atoms with Crippen molar-refractivity contribution < 1.29 is 4.79 Å². The minimum atomic E-state index is 0.0241. The predicted octanol–water partition coefficient (Wildman–Crippen LogP) is 4.50. The number of hydrogen-bond acceptors (Lipinski definition) is 3. The third kappa shape index (κ3) is 5.50. The average molecular weight is 375 g/mol. The van der Waals surface area contributed by atoms with E-state index in [1.54, 1.807) is 11.8 Å². The molecule has 1 aliphatic heterocycles. The van der Waals surface area contributed by atoms with Crippen LogP contribution < -0.4 is 10.6 Å². The molecule has 3 rings (SSSR count). The molecule has 1 heterocycles. The summed E-state index contributed by atoms with van der Waals surface area (Å²) in [6.45, 7) is 3.12. The molecule has 2 atom stereocenters. The molecule has 0 bridgehead atoms. The molecule has 2 N–H and O–H groups in total. The van der Waals surface area contributed by atoms with Gasteiger partial charge in [0.1, 0.15) is 0 Å². The van der Waals surface area contributed by atoms with Gasteiger partial charge in [0.25, 0.3) is 5.91 Å². The highest BCUT2D eigenvalue weighted by Crippen LogP contribution is 2.24. The van der Waals surface area contributed by atoms with Crippen LogP contribution in [0.2, 0.25) is 5.02 Å². The molecule has 5 heteroatoms. The van der Waals surface area contributed by atoms with Gasteiger partial charge in [0.15, 0.2) is 0 Å². The van der Waals surface area contributed by atoms with E-state index in [-0.39, 0.29) is 11.9 Å². The minimum absolute atomic E-state index is 0.0241. The highest BCUT2D eigenvalue weighted by molar-refractivity contribution is 7.98. The van der Waals surface area contributed by atoms with Crippen LogP contribution in [0.4, 0.5) is 0 Å². The van der Waals surface area contributed by atoms with E-state index in [2.05, 4.69) is 17.6 Å². The molecule has 2 aromatic rings. The summed E-state index contributed by atoms with van der Waals surface area (Å²) in [5.74, 6) is 0.894. The third-order valence-electron chi connectivity index (χ3n) is 4.39. The molecule has 2 aromatic carbocycles. The van der Waals surface area contributed by atoms with Crippen molar-refractivity contribution in [1.82, 2.24) is 10.6 Å². The van der Waals surface area contributed by atoms with E-state index in [1.807, 2.05) is 48.5 Å². The molecule has 1 fully saturated rings. The molecule has 0 aromatic heterocycles. The average Bonchev–Trinajstić information content (AvgIpc) is 2.62. The molecular formula is C20H23ClN2OS. The van der Waals surface area contributed by atoms with E-state index in [1.165, 1.54) is 10.5 Å². The van der Waals surface area contributed by atoms with E-state index in [0.29, 0.717) is 6.04 Å². The van der Waals surface area contributed by atoms with E-state index in [4.69, 9.17) is 11.6 Å². The van der Waals surface area contributed by atoms with Crippen molar-refractivity contribution in [2.24, 2.45) is 0 Å². The summed E-state index contributed by atoms with van der Waals surface area (Å²) in [4.78, 5) is 13.6. The summed E-state index contributed by atoms with van der Waals surface area (Å²) < 4.78 is 0. The molecule has 1 amide bonds. The molecule has 1 aliphatic rings. The van der Waals surface area contributed by atoms with Gasteiger partial charge in [0, 0.05) is 33.3 Å². The van der Waals surface area contributed by atoms with E-state index in [0.717, 1.165) is 35.7 Å². The first-order valence-corrected chi connectivity index (χ1v) is 9.98. The number of amides is 1. The van der Waals surface area contributed by atoms with E-state index < -0.39 is 0 Å². The molecule has 0 saturated carbocycles. The maximum atomic E-state index is 12.4. The zero-order chi connectivity index (χ0) is 17.6. The predicted molar refractivity (Wildman–Crippen MR) is 105 cm³/mol. The SMILES string of the molecule is CC1CC(NC(=O)c2ccc(CSc3ccc(Cl)cc3)cc2)CCN1. The van der Waals surface area contributed by atoms with Crippen molar-refractivity contribution in [3.63, 3.8) is 0 Å².